The van der Waals surface area contributed by atoms with Crippen LogP contribution in [0.3, 0.4) is 0 Å². The summed E-state index contributed by atoms with van der Waals surface area (Å²) in [6, 6.07) is 0. The first-order valence-corrected chi connectivity index (χ1v) is 12.0. The van der Waals surface area contributed by atoms with E-state index < -0.39 is 12.2 Å². The van der Waals surface area contributed by atoms with Crippen LogP contribution in [0.5, 0.6) is 0 Å². The second-order valence-corrected chi connectivity index (χ2v) is 10.7. The quantitative estimate of drug-likeness (QED) is 0.564. The molecule has 0 spiro atoms. The molecule has 4 rings (SSSR count). The highest BCUT2D eigenvalue weighted by atomic mass is 16.6. The number of hydrogen-bond acceptors (Lipinski definition) is 4. The SMILES string of the molecule is C=C1/C(=C\C=C2/CCC[C@]3(C)[C@@H]([C@H](C)CC[C@H](O)[C@H]4CO4)CC[C@@H]23)C[C@@H](O)C[C@@H]1O. The highest BCUT2D eigenvalue weighted by Crippen LogP contribution is 2.60. The second kappa shape index (κ2) is 8.90. The maximum absolute atomic E-state index is 10.2. The normalized spacial score (nSPS) is 43.6. The van der Waals surface area contributed by atoms with E-state index in [1.54, 1.807) is 5.57 Å². The minimum atomic E-state index is -0.622. The van der Waals surface area contributed by atoms with Crippen molar-refractivity contribution in [3.05, 3.63) is 35.5 Å². The van der Waals surface area contributed by atoms with Gasteiger partial charge in [0.2, 0.25) is 0 Å². The number of hydrogen-bond donors (Lipinski definition) is 3. The summed E-state index contributed by atoms with van der Waals surface area (Å²) in [6.07, 6.45) is 12.2. The van der Waals surface area contributed by atoms with Crippen LogP contribution >= 0.6 is 0 Å². The first-order valence-electron chi connectivity index (χ1n) is 12.0. The Kier molecular flexibility index (Phi) is 6.60. The molecule has 0 bridgehead atoms. The van der Waals surface area contributed by atoms with Gasteiger partial charge in [0.1, 0.15) is 6.10 Å². The number of ether oxygens (including phenoxy) is 1. The number of aliphatic hydroxyl groups excluding tert-OH is 3. The van der Waals surface area contributed by atoms with Crippen LogP contribution in [0.4, 0.5) is 0 Å². The second-order valence-electron chi connectivity index (χ2n) is 10.7. The molecule has 4 aliphatic rings. The molecule has 0 aromatic carbocycles. The molecule has 4 nitrogen and oxygen atoms in total. The van der Waals surface area contributed by atoms with Gasteiger partial charge in [-0.15, -0.1) is 0 Å². The lowest BCUT2D eigenvalue weighted by molar-refractivity contribution is 0.0759. The Bertz CT molecular complexity index is 706. The van der Waals surface area contributed by atoms with Crippen LogP contribution < -0.4 is 0 Å². The summed E-state index contributed by atoms with van der Waals surface area (Å²) < 4.78 is 5.25. The van der Waals surface area contributed by atoms with E-state index in [0.717, 1.165) is 37.0 Å². The fourth-order valence-electron chi connectivity index (χ4n) is 6.78. The predicted octanol–water partition coefficient (Wildman–Crippen LogP) is 4.30. The number of epoxide rings is 1. The van der Waals surface area contributed by atoms with Gasteiger partial charge in [-0.3, -0.25) is 0 Å². The maximum atomic E-state index is 10.2. The van der Waals surface area contributed by atoms with Gasteiger partial charge in [0.15, 0.2) is 0 Å². The molecule has 3 N–H and O–H groups in total. The van der Waals surface area contributed by atoms with E-state index in [1.807, 2.05) is 0 Å². The van der Waals surface area contributed by atoms with E-state index in [9.17, 15) is 15.3 Å². The molecule has 0 aromatic heterocycles. The summed E-state index contributed by atoms with van der Waals surface area (Å²) in [5, 5.41) is 30.3. The molecule has 0 radical (unpaired) electrons. The van der Waals surface area contributed by atoms with Crippen molar-refractivity contribution in [3.8, 4) is 0 Å². The first-order chi connectivity index (χ1) is 14.3. The fourth-order valence-corrected chi connectivity index (χ4v) is 6.78. The third kappa shape index (κ3) is 4.48. The van der Waals surface area contributed by atoms with Crippen LogP contribution in [-0.2, 0) is 4.74 Å². The molecule has 3 aliphatic carbocycles. The van der Waals surface area contributed by atoms with Gasteiger partial charge >= 0.3 is 0 Å². The Morgan fingerprint density at radius 1 is 1.23 bits per heavy atom. The van der Waals surface area contributed by atoms with Gasteiger partial charge in [-0.1, -0.05) is 38.2 Å². The molecule has 4 fully saturated rings. The highest BCUT2D eigenvalue weighted by molar-refractivity contribution is 5.38. The topological polar surface area (TPSA) is 73.2 Å². The lowest BCUT2D eigenvalue weighted by Gasteiger charge is -2.44. The minimum absolute atomic E-state index is 0.0907. The van der Waals surface area contributed by atoms with Crippen LogP contribution in [-0.4, -0.2) is 46.3 Å². The lowest BCUT2D eigenvalue weighted by atomic mass is 9.60. The van der Waals surface area contributed by atoms with Gasteiger partial charge in [0.05, 0.1) is 24.9 Å². The third-order valence-corrected chi connectivity index (χ3v) is 8.70. The molecular weight excluding hydrogens is 376 g/mol. The van der Waals surface area contributed by atoms with Gasteiger partial charge in [-0.25, -0.2) is 0 Å². The average Bonchev–Trinajstić information content (AvgIpc) is 3.49. The summed E-state index contributed by atoms with van der Waals surface area (Å²) >= 11 is 0. The summed E-state index contributed by atoms with van der Waals surface area (Å²) in [5.74, 6) is 1.95. The molecule has 4 heteroatoms. The Morgan fingerprint density at radius 2 is 2.00 bits per heavy atom. The largest absolute Gasteiger partial charge is 0.393 e. The van der Waals surface area contributed by atoms with Crippen molar-refractivity contribution in [1.29, 1.82) is 0 Å². The van der Waals surface area contributed by atoms with E-state index in [4.69, 9.17) is 4.74 Å². The molecule has 1 saturated heterocycles. The van der Waals surface area contributed by atoms with Gasteiger partial charge in [-0.2, -0.15) is 0 Å². The number of rotatable bonds is 6. The van der Waals surface area contributed by atoms with Gasteiger partial charge in [0.25, 0.3) is 0 Å². The monoisotopic (exact) mass is 416 g/mol. The van der Waals surface area contributed by atoms with E-state index >= 15 is 0 Å². The molecule has 1 heterocycles. The number of allylic oxidation sites excluding steroid dienone is 3. The molecule has 0 amide bonds. The van der Waals surface area contributed by atoms with Crippen molar-refractivity contribution >= 4 is 0 Å². The first kappa shape index (κ1) is 22.3. The van der Waals surface area contributed by atoms with Crippen molar-refractivity contribution in [2.45, 2.75) is 96.1 Å². The lowest BCUT2D eigenvalue weighted by Crippen LogP contribution is -2.36. The van der Waals surface area contributed by atoms with Crippen LogP contribution in [0.15, 0.2) is 35.5 Å². The Hall–Kier alpha value is -0.940. The standard InChI is InChI=1S/C26H40O4/c1-16(6-11-23(28)25-15-30-25)21-9-10-22-18(5-4-12-26(21,22)3)7-8-19-13-20(27)14-24(29)17(19)2/h7-8,16,20-25,27-29H,2,4-6,9-15H2,1,3H3/b18-7+,19-8-/t16-,20-,21-,22+,23+,24+,25-,26-/m1/s1. The Balaban J connectivity index is 1.44. The smallest absolute Gasteiger partial charge is 0.107 e. The summed E-state index contributed by atoms with van der Waals surface area (Å²) in [5.41, 5.74) is 3.65. The van der Waals surface area contributed by atoms with E-state index in [2.05, 4.69) is 32.6 Å². The number of fused-ring (bicyclic) bond motifs is 1. The zero-order chi connectivity index (χ0) is 21.5. The molecule has 0 aromatic rings. The molecule has 1 aliphatic heterocycles. The Labute approximate surface area is 181 Å². The zero-order valence-corrected chi connectivity index (χ0v) is 18.7. The van der Waals surface area contributed by atoms with E-state index in [0.29, 0.717) is 36.0 Å². The van der Waals surface area contributed by atoms with Crippen LogP contribution in [0.25, 0.3) is 0 Å². The molecule has 30 heavy (non-hydrogen) atoms. The number of aliphatic hydroxyl groups is 3. The van der Waals surface area contributed by atoms with Gasteiger partial charge < -0.3 is 20.1 Å². The highest BCUT2D eigenvalue weighted by Gasteiger charge is 2.50. The maximum Gasteiger partial charge on any atom is 0.107 e. The molecule has 3 saturated carbocycles. The fraction of sp³-hybridized carbons (Fsp3) is 0.769. The zero-order valence-electron chi connectivity index (χ0n) is 18.7. The molecule has 0 unspecified atom stereocenters. The summed E-state index contributed by atoms with van der Waals surface area (Å²) in [4.78, 5) is 0. The Morgan fingerprint density at radius 3 is 2.73 bits per heavy atom. The van der Waals surface area contributed by atoms with Crippen LogP contribution in [0.2, 0.25) is 0 Å². The van der Waals surface area contributed by atoms with Crippen molar-refractivity contribution < 1.29 is 20.1 Å². The van der Waals surface area contributed by atoms with Gasteiger partial charge in [-0.05, 0) is 85.7 Å². The van der Waals surface area contributed by atoms with Crippen LogP contribution in [0, 0.1) is 23.2 Å². The molecular formula is C26H40O4. The third-order valence-electron chi connectivity index (χ3n) is 8.70. The van der Waals surface area contributed by atoms with Crippen molar-refractivity contribution in [1.82, 2.24) is 0 Å². The predicted molar refractivity (Wildman–Crippen MR) is 119 cm³/mol. The van der Waals surface area contributed by atoms with E-state index in [1.165, 1.54) is 25.7 Å². The minimum Gasteiger partial charge on any atom is -0.393 e. The van der Waals surface area contributed by atoms with E-state index in [-0.39, 0.29) is 12.2 Å². The van der Waals surface area contributed by atoms with Crippen molar-refractivity contribution in [2.75, 3.05) is 6.61 Å². The summed E-state index contributed by atoms with van der Waals surface area (Å²) in [6.45, 7) is 9.66. The van der Waals surface area contributed by atoms with Crippen LogP contribution in [0.1, 0.15) is 71.6 Å². The average molecular weight is 417 g/mol. The van der Waals surface area contributed by atoms with Crippen molar-refractivity contribution in [3.63, 3.8) is 0 Å². The molecule has 8 atom stereocenters. The van der Waals surface area contributed by atoms with Gasteiger partial charge in [0, 0.05) is 6.42 Å². The summed E-state index contributed by atoms with van der Waals surface area (Å²) in [7, 11) is 0. The molecule has 168 valence electrons. The van der Waals surface area contributed by atoms with Crippen molar-refractivity contribution in [2.24, 2.45) is 23.2 Å².